The second-order valence-electron chi connectivity index (χ2n) is 28.6. The minimum Gasteiger partial charge on any atom is -0.477 e. The van der Waals surface area contributed by atoms with Crippen molar-refractivity contribution in [2.45, 2.75) is 379 Å². The smallest absolute Gasteiger partial charge is 0.364 e. The average Bonchev–Trinajstić information content (AvgIpc) is 0.755. The van der Waals surface area contributed by atoms with Crippen LogP contribution in [0.25, 0.3) is 0 Å². The van der Waals surface area contributed by atoms with Gasteiger partial charge in [0.2, 0.25) is 17.7 Å². The van der Waals surface area contributed by atoms with Crippen molar-refractivity contribution in [3.63, 3.8) is 0 Å². The first kappa shape index (κ1) is 92.6. The first-order chi connectivity index (χ1) is 49.7. The summed E-state index contributed by atoms with van der Waals surface area (Å²) in [6.07, 6.45) is -5.62. The summed E-state index contributed by atoms with van der Waals surface area (Å²) in [5.41, 5.74) is 0. The second-order valence-corrected chi connectivity index (χ2v) is 28.6. The quantitative estimate of drug-likeness (QED) is 0.0300. The first-order valence-electron chi connectivity index (χ1n) is 38.2. The van der Waals surface area contributed by atoms with Gasteiger partial charge in [0, 0.05) is 33.1 Å². The zero-order valence-electron chi connectivity index (χ0n) is 61.5. The van der Waals surface area contributed by atoms with E-state index in [2.05, 4.69) is 29.8 Å². The first-order valence-corrected chi connectivity index (χ1v) is 38.2. The summed E-state index contributed by atoms with van der Waals surface area (Å²) in [5, 5.41) is 185. The van der Waals surface area contributed by atoms with Crippen LogP contribution in [0.5, 0.6) is 0 Å². The SMILES string of the molecule is CCCCCCCCCCCCCC=C[C@@H](O)[C@H](CO[C@@H]1O[C@H](CO)[C@@H](O[C@@H]2O[C@H](CO)[C@H](O)[C@H](O[C@]3(C(=O)O)C[C@H](O)[C@@H](NC(C)=O)C([C@H](O)[C@@H](CO)O[C@]4(C(=O)O)C[C@H](O)[C@@H](NC(C)=O)C([C@H](O)[C@H](O)CO)O4)O3)[C@H]2O)[C@H](O)C1O)NC(=O)CCCCCCCCCCCCCCCCCCC. The van der Waals surface area contributed by atoms with Crippen molar-refractivity contribution < 1.29 is 144 Å². The zero-order chi connectivity index (χ0) is 76.9. The molecule has 3 amide bonds. The molecule has 4 aliphatic rings. The normalized spacial score (nSPS) is 31.4. The Morgan fingerprint density at radius 2 is 0.962 bits per heavy atom. The number of aliphatic carboxylic acids is 2. The number of hydrogen-bond acceptors (Lipinski definition) is 27. The number of allylic oxidation sites excluding steroid dienone is 1. The van der Waals surface area contributed by atoms with E-state index in [1.54, 1.807) is 6.08 Å². The molecule has 3 unspecified atom stereocenters. The molecule has 19 N–H and O–H groups in total. The van der Waals surface area contributed by atoms with Crippen molar-refractivity contribution in [1.29, 1.82) is 0 Å². The van der Waals surface area contributed by atoms with Crippen molar-refractivity contribution in [3.05, 3.63) is 12.2 Å². The minimum atomic E-state index is -3.39. The Hall–Kier alpha value is -3.79. The molecule has 0 aromatic heterocycles. The van der Waals surface area contributed by atoms with Crippen LogP contribution in [-0.2, 0) is 61.9 Å². The van der Waals surface area contributed by atoms with Crippen LogP contribution in [-0.4, -0.2) is 290 Å². The largest absolute Gasteiger partial charge is 0.477 e. The van der Waals surface area contributed by atoms with Crippen LogP contribution in [0.4, 0.5) is 0 Å². The fraction of sp³-hybridized carbons (Fsp3) is 0.903. The summed E-state index contributed by atoms with van der Waals surface area (Å²) >= 11 is 0. The van der Waals surface area contributed by atoms with Gasteiger partial charge in [0.1, 0.15) is 85.5 Å². The summed E-state index contributed by atoms with van der Waals surface area (Å²) in [6, 6.07) is -4.73. The minimum absolute atomic E-state index is 0.155. The molecule has 0 spiro atoms. The van der Waals surface area contributed by atoms with Crippen LogP contribution in [0.15, 0.2) is 12.2 Å². The van der Waals surface area contributed by atoms with Gasteiger partial charge in [-0.25, -0.2) is 9.59 Å². The van der Waals surface area contributed by atoms with E-state index in [1.165, 1.54) is 122 Å². The molecule has 0 radical (unpaired) electrons. The van der Waals surface area contributed by atoms with E-state index in [9.17, 15) is 106 Å². The van der Waals surface area contributed by atoms with E-state index in [0.717, 1.165) is 65.2 Å². The molecular weight excluding hydrogens is 1370 g/mol. The number of amides is 3. The number of aliphatic hydroxyl groups is 14. The molecule has 32 nitrogen and oxygen atoms in total. The lowest BCUT2D eigenvalue weighted by Crippen LogP contribution is -2.72. The molecule has 0 aliphatic carbocycles. The predicted molar refractivity (Wildman–Crippen MR) is 372 cm³/mol. The van der Waals surface area contributed by atoms with E-state index >= 15 is 0 Å². The molecule has 0 bridgehead atoms. The van der Waals surface area contributed by atoms with E-state index < -0.39 is 216 Å². The predicted octanol–water partition coefficient (Wildman–Crippen LogP) is 1.12. The fourth-order valence-electron chi connectivity index (χ4n) is 13.9. The van der Waals surface area contributed by atoms with Crippen LogP contribution in [0.3, 0.4) is 0 Å². The Bertz CT molecular complexity index is 2440. The number of unbranched alkanes of at least 4 members (excludes halogenated alkanes) is 27. The lowest BCUT2D eigenvalue weighted by molar-refractivity contribution is -0.388. The highest BCUT2D eigenvalue weighted by Gasteiger charge is 2.62. The summed E-state index contributed by atoms with van der Waals surface area (Å²) in [4.78, 5) is 65.0. The van der Waals surface area contributed by atoms with Gasteiger partial charge in [-0.1, -0.05) is 193 Å². The van der Waals surface area contributed by atoms with E-state index in [1.807, 2.05) is 6.08 Å². The van der Waals surface area contributed by atoms with E-state index in [0.29, 0.717) is 12.8 Å². The van der Waals surface area contributed by atoms with Gasteiger partial charge in [0.25, 0.3) is 11.6 Å². The van der Waals surface area contributed by atoms with Gasteiger partial charge in [0.05, 0.1) is 69.5 Å². The van der Waals surface area contributed by atoms with Gasteiger partial charge in [-0.15, -0.1) is 0 Å². The number of carboxylic acid groups (broad SMARTS) is 2. The molecule has 606 valence electrons. The van der Waals surface area contributed by atoms with Gasteiger partial charge in [-0.2, -0.15) is 0 Å². The second kappa shape index (κ2) is 49.4. The van der Waals surface area contributed by atoms with Gasteiger partial charge >= 0.3 is 11.9 Å². The third-order valence-electron chi connectivity index (χ3n) is 20.0. The standard InChI is InChI=1S/C72H129N3O29/c1-5-7-9-11-13-15-17-19-20-21-22-24-26-28-30-32-34-36-54(86)75-46(47(82)35-33-31-29-27-25-23-18-16-14-12-10-8-6-2)43-97-67-61(91)60(90)63(53(42-79)99-67)100-68-62(92)66(58(88)51(40-77)98-68)104-72(70(95)96)38-49(84)56(74-45(4)81)65(103-72)59(89)52(41-78)101-71(69(93)94)37-48(83)55(73-44(3)80)64(102-71)57(87)50(85)39-76/h33,35,46-53,55-68,76-79,82-85,87-92H,5-32,34,36-43H2,1-4H3,(H,73,80)(H,74,81)(H,75,86)(H,93,94)(H,95,96)/t46-,47+,48-,49-,50+,51+,52+,53+,55+,56+,57+,58-,59+,60+,61?,62+,63+,64?,65?,66-,67+,68-,71+,72-/m0/s1. The Morgan fingerprint density at radius 3 is 1.41 bits per heavy atom. The Kier molecular flexibility index (Phi) is 44.0. The van der Waals surface area contributed by atoms with Gasteiger partial charge in [0.15, 0.2) is 12.6 Å². The maximum absolute atomic E-state index is 13.6. The number of carbonyl (C=O) groups is 5. The number of hydrogen-bond donors (Lipinski definition) is 19. The van der Waals surface area contributed by atoms with Crippen LogP contribution >= 0.6 is 0 Å². The highest BCUT2D eigenvalue weighted by molar-refractivity contribution is 5.78. The Balaban J connectivity index is 1.48. The number of carboxylic acids is 2. The number of carbonyl (C=O) groups excluding carboxylic acids is 3. The van der Waals surface area contributed by atoms with Crippen molar-refractivity contribution >= 4 is 29.7 Å². The molecule has 4 saturated heterocycles. The molecular formula is C72H129N3O29. The van der Waals surface area contributed by atoms with Crippen LogP contribution in [0, 0.1) is 0 Å². The molecule has 32 heteroatoms. The molecule has 4 heterocycles. The Morgan fingerprint density at radius 1 is 0.519 bits per heavy atom. The van der Waals surface area contributed by atoms with E-state index in [4.69, 9.17) is 37.9 Å². The van der Waals surface area contributed by atoms with Gasteiger partial charge < -0.3 is 136 Å². The zero-order valence-corrected chi connectivity index (χ0v) is 61.5. The maximum atomic E-state index is 13.6. The molecule has 0 aromatic rings. The highest BCUT2D eigenvalue weighted by atomic mass is 16.8. The third-order valence-corrected chi connectivity index (χ3v) is 20.0. The van der Waals surface area contributed by atoms with Crippen molar-refractivity contribution in [2.75, 3.05) is 33.0 Å². The summed E-state index contributed by atoms with van der Waals surface area (Å²) in [7, 11) is 0. The average molecular weight is 1500 g/mol. The van der Waals surface area contributed by atoms with Crippen molar-refractivity contribution in [2.24, 2.45) is 0 Å². The monoisotopic (exact) mass is 1500 g/mol. The molecule has 4 rings (SSSR count). The fourth-order valence-corrected chi connectivity index (χ4v) is 13.9. The van der Waals surface area contributed by atoms with Crippen molar-refractivity contribution in [1.82, 2.24) is 16.0 Å². The van der Waals surface area contributed by atoms with Gasteiger partial charge in [-0.3, -0.25) is 14.4 Å². The topological polar surface area (TPSA) is 519 Å². The Labute approximate surface area is 611 Å². The number of aliphatic hydroxyl groups excluding tert-OH is 14. The molecule has 0 saturated carbocycles. The lowest BCUT2D eigenvalue weighted by Gasteiger charge is -2.51. The molecule has 104 heavy (non-hydrogen) atoms. The molecule has 4 fully saturated rings. The van der Waals surface area contributed by atoms with Gasteiger partial charge in [-0.05, 0) is 19.3 Å². The van der Waals surface area contributed by atoms with Crippen LogP contribution in [0.2, 0.25) is 0 Å². The van der Waals surface area contributed by atoms with Crippen molar-refractivity contribution in [3.8, 4) is 0 Å². The highest BCUT2D eigenvalue weighted by Crippen LogP contribution is 2.41. The number of nitrogens with one attached hydrogen (secondary N) is 3. The summed E-state index contributed by atoms with van der Waals surface area (Å²) < 4.78 is 46.5. The van der Waals surface area contributed by atoms with Crippen LogP contribution < -0.4 is 16.0 Å². The summed E-state index contributed by atoms with van der Waals surface area (Å²) in [5.74, 6) is -13.1. The third kappa shape index (κ3) is 29.6. The maximum Gasteiger partial charge on any atom is 0.364 e. The summed E-state index contributed by atoms with van der Waals surface area (Å²) in [6.45, 7) is 1.12. The number of rotatable bonds is 54. The number of ether oxygens (including phenoxy) is 8. The molecule has 0 aromatic carbocycles. The molecule has 24 atom stereocenters. The van der Waals surface area contributed by atoms with Crippen LogP contribution in [0.1, 0.15) is 233 Å². The molecule has 4 aliphatic heterocycles. The van der Waals surface area contributed by atoms with E-state index in [-0.39, 0.29) is 12.3 Å². The lowest BCUT2D eigenvalue weighted by atomic mass is 9.87.